The van der Waals surface area contributed by atoms with Crippen molar-refractivity contribution >= 4 is 11.7 Å². The number of hydrogen-bond acceptors (Lipinski definition) is 3. The van der Waals surface area contributed by atoms with Gasteiger partial charge in [-0.25, -0.2) is 9.18 Å². The number of aliphatic hydroxyl groups is 1. The number of carbonyl (C=O) groups excluding carboxylic acids is 1. The molecule has 6 heteroatoms. The third kappa shape index (κ3) is 5.28. The molecule has 2 aliphatic heterocycles. The summed E-state index contributed by atoms with van der Waals surface area (Å²) in [4.78, 5) is 17.2. The van der Waals surface area contributed by atoms with Crippen LogP contribution < -0.4 is 5.32 Å². The first-order valence-corrected chi connectivity index (χ1v) is 12.5. The zero-order valence-corrected chi connectivity index (χ0v) is 20.1. The van der Waals surface area contributed by atoms with Crippen molar-refractivity contribution in [3.8, 4) is 11.8 Å². The molecule has 0 unspecified atom stereocenters. The maximum atomic E-state index is 13.2. The number of benzene rings is 3. The van der Waals surface area contributed by atoms with Crippen LogP contribution in [0.4, 0.5) is 14.9 Å². The van der Waals surface area contributed by atoms with Gasteiger partial charge in [0.05, 0.1) is 6.61 Å². The van der Waals surface area contributed by atoms with Crippen LogP contribution in [0, 0.1) is 17.7 Å². The number of fused-ring (bicyclic) bond motifs is 1. The number of hydrogen-bond donors (Lipinski definition) is 2. The Labute approximate surface area is 211 Å². The fraction of sp³-hybridized carbons (Fsp3) is 0.300. The Balaban J connectivity index is 1.31. The van der Waals surface area contributed by atoms with Crippen molar-refractivity contribution in [2.75, 3.05) is 31.6 Å². The minimum atomic E-state index is -0.334. The van der Waals surface area contributed by atoms with Gasteiger partial charge in [-0.1, -0.05) is 42.2 Å². The number of anilines is 1. The molecule has 3 aromatic carbocycles. The molecule has 2 heterocycles. The molecular formula is C30H30FN3O2. The third-order valence-electron chi connectivity index (χ3n) is 7.17. The van der Waals surface area contributed by atoms with Crippen molar-refractivity contribution < 1.29 is 14.3 Å². The van der Waals surface area contributed by atoms with Crippen LogP contribution in [0.2, 0.25) is 0 Å². The van der Waals surface area contributed by atoms with Crippen LogP contribution in [0.5, 0.6) is 0 Å². The summed E-state index contributed by atoms with van der Waals surface area (Å²) in [5.41, 5.74) is 3.65. The summed E-state index contributed by atoms with van der Waals surface area (Å²) in [6.07, 6.45) is 1.87. The van der Waals surface area contributed by atoms with Crippen molar-refractivity contribution in [2.45, 2.75) is 30.8 Å². The predicted molar refractivity (Wildman–Crippen MR) is 139 cm³/mol. The summed E-state index contributed by atoms with van der Waals surface area (Å²) in [5, 5.41) is 13.1. The zero-order valence-electron chi connectivity index (χ0n) is 20.1. The van der Waals surface area contributed by atoms with Gasteiger partial charge in [0.15, 0.2) is 0 Å². The van der Waals surface area contributed by atoms with E-state index in [-0.39, 0.29) is 36.5 Å². The second kappa shape index (κ2) is 10.9. The number of amides is 2. The lowest BCUT2D eigenvalue weighted by atomic mass is 9.74. The smallest absolute Gasteiger partial charge is 0.321 e. The molecule has 0 aromatic heterocycles. The lowest BCUT2D eigenvalue weighted by molar-refractivity contribution is -0.0585. The van der Waals surface area contributed by atoms with E-state index >= 15 is 0 Å². The molecule has 0 bridgehead atoms. The average molecular weight is 484 g/mol. The van der Waals surface area contributed by atoms with Gasteiger partial charge in [-0.2, -0.15) is 0 Å². The van der Waals surface area contributed by atoms with Gasteiger partial charge in [-0.05, 0) is 73.5 Å². The second-order valence-corrected chi connectivity index (χ2v) is 9.41. The van der Waals surface area contributed by atoms with Crippen LogP contribution in [-0.2, 0) is 0 Å². The Hall–Kier alpha value is -3.66. The van der Waals surface area contributed by atoms with E-state index in [1.807, 2.05) is 47.4 Å². The van der Waals surface area contributed by atoms with Gasteiger partial charge in [0.25, 0.3) is 0 Å². The normalized spacial score (nSPS) is 21.7. The highest BCUT2D eigenvalue weighted by Gasteiger charge is 2.49. The van der Waals surface area contributed by atoms with Crippen molar-refractivity contribution in [1.82, 2.24) is 9.80 Å². The minimum absolute atomic E-state index is 0.0383. The van der Waals surface area contributed by atoms with Crippen LogP contribution in [-0.4, -0.2) is 59.3 Å². The first-order chi connectivity index (χ1) is 17.6. The summed E-state index contributed by atoms with van der Waals surface area (Å²) in [5.74, 6) is 6.20. The van der Waals surface area contributed by atoms with Gasteiger partial charge in [-0.15, -0.1) is 0 Å². The van der Waals surface area contributed by atoms with Crippen molar-refractivity contribution in [2.24, 2.45) is 0 Å². The van der Waals surface area contributed by atoms with Gasteiger partial charge in [0.1, 0.15) is 5.82 Å². The zero-order chi connectivity index (χ0) is 24.9. The first kappa shape index (κ1) is 24.1. The first-order valence-electron chi connectivity index (χ1n) is 12.5. The minimum Gasteiger partial charge on any atom is -0.395 e. The molecule has 0 radical (unpaired) electrons. The van der Waals surface area contributed by atoms with E-state index in [1.54, 1.807) is 12.1 Å². The number of aliphatic hydroxyl groups excluding tert-OH is 1. The molecule has 2 fully saturated rings. The van der Waals surface area contributed by atoms with Crippen LogP contribution in [0.15, 0.2) is 78.9 Å². The van der Waals surface area contributed by atoms with Crippen LogP contribution in [0.1, 0.15) is 35.4 Å². The quantitative estimate of drug-likeness (QED) is 0.532. The van der Waals surface area contributed by atoms with Crippen molar-refractivity contribution in [3.63, 3.8) is 0 Å². The van der Waals surface area contributed by atoms with E-state index < -0.39 is 0 Å². The van der Waals surface area contributed by atoms with Crippen LogP contribution in [0.25, 0.3) is 0 Å². The Morgan fingerprint density at radius 2 is 1.58 bits per heavy atom. The maximum absolute atomic E-state index is 13.2. The van der Waals surface area contributed by atoms with E-state index in [0.29, 0.717) is 18.8 Å². The molecule has 2 amide bonds. The molecule has 2 saturated heterocycles. The molecule has 3 atom stereocenters. The standard InChI is InChI=1S/C30H30FN3O2/c31-25-14-16-26(17-15-25)32-30(36)33-18-4-5-19-34-27(20-33)29(28(34)21-35)24-12-10-23(11-13-24)9-8-22-6-2-1-3-7-22/h1-3,6-7,10-17,27-29,35H,4-5,18-21H2,(H,32,36)/t27-,28+,29+/m1/s1. The fourth-order valence-electron chi connectivity index (χ4n) is 5.32. The van der Waals surface area contributed by atoms with E-state index in [1.165, 1.54) is 12.1 Å². The third-order valence-corrected chi connectivity index (χ3v) is 7.17. The number of halogens is 1. The number of urea groups is 1. The molecule has 0 aliphatic carbocycles. The van der Waals surface area contributed by atoms with Gasteiger partial charge in [0.2, 0.25) is 0 Å². The monoisotopic (exact) mass is 483 g/mol. The molecular weight excluding hydrogens is 453 g/mol. The van der Waals surface area contributed by atoms with Gasteiger partial charge >= 0.3 is 6.03 Å². The number of nitrogens with one attached hydrogen (secondary N) is 1. The van der Waals surface area contributed by atoms with Crippen LogP contribution >= 0.6 is 0 Å². The maximum Gasteiger partial charge on any atom is 0.321 e. The molecule has 2 N–H and O–H groups in total. The average Bonchev–Trinajstić information content (AvgIpc) is 2.89. The highest BCUT2D eigenvalue weighted by molar-refractivity contribution is 5.89. The molecule has 36 heavy (non-hydrogen) atoms. The summed E-state index contributed by atoms with van der Waals surface area (Å²) in [7, 11) is 0. The highest BCUT2D eigenvalue weighted by Crippen LogP contribution is 2.42. The Bertz CT molecular complexity index is 1240. The molecule has 3 aromatic rings. The van der Waals surface area contributed by atoms with Gasteiger partial charge < -0.3 is 15.3 Å². The lowest BCUT2D eigenvalue weighted by Gasteiger charge is -2.57. The number of nitrogens with zero attached hydrogens (tertiary/aromatic N) is 2. The Morgan fingerprint density at radius 1 is 0.917 bits per heavy atom. The van der Waals surface area contributed by atoms with E-state index in [4.69, 9.17) is 0 Å². The predicted octanol–water partition coefficient (Wildman–Crippen LogP) is 4.68. The number of carbonyl (C=O) groups is 1. The van der Waals surface area contributed by atoms with E-state index in [2.05, 4.69) is 34.2 Å². The molecule has 5 nitrogen and oxygen atoms in total. The molecule has 0 saturated carbocycles. The van der Waals surface area contributed by atoms with Crippen LogP contribution in [0.3, 0.4) is 0 Å². The summed E-state index contributed by atoms with van der Waals surface area (Å²) in [6, 6.07) is 24.0. The number of rotatable bonds is 3. The SMILES string of the molecule is O=C(Nc1ccc(F)cc1)N1CCCCN2[C@H](C1)[C@H](c1ccc(C#Cc3ccccc3)cc1)[C@@H]2CO. The van der Waals surface area contributed by atoms with Gasteiger partial charge in [-0.3, -0.25) is 4.90 Å². The molecule has 2 aliphatic rings. The fourth-order valence-corrected chi connectivity index (χ4v) is 5.32. The molecule has 0 spiro atoms. The molecule has 5 rings (SSSR count). The van der Waals surface area contributed by atoms with E-state index in [0.717, 1.165) is 36.1 Å². The molecule has 184 valence electrons. The van der Waals surface area contributed by atoms with E-state index in [9.17, 15) is 14.3 Å². The topological polar surface area (TPSA) is 55.8 Å². The van der Waals surface area contributed by atoms with Gasteiger partial charge in [0, 0.05) is 47.9 Å². The Kier molecular flexibility index (Phi) is 7.31. The second-order valence-electron chi connectivity index (χ2n) is 9.41. The lowest BCUT2D eigenvalue weighted by Crippen LogP contribution is -2.68. The largest absolute Gasteiger partial charge is 0.395 e. The Morgan fingerprint density at radius 3 is 2.28 bits per heavy atom. The van der Waals surface area contributed by atoms with Crippen molar-refractivity contribution in [3.05, 3.63) is 101 Å². The highest BCUT2D eigenvalue weighted by atomic mass is 19.1. The summed E-state index contributed by atoms with van der Waals surface area (Å²) >= 11 is 0. The summed E-state index contributed by atoms with van der Waals surface area (Å²) in [6.45, 7) is 2.24. The summed E-state index contributed by atoms with van der Waals surface area (Å²) < 4.78 is 13.2. The van der Waals surface area contributed by atoms with Crippen molar-refractivity contribution in [1.29, 1.82) is 0 Å².